The molecule has 0 aliphatic carbocycles. The van der Waals surface area contributed by atoms with Crippen LogP contribution in [-0.2, 0) is 0 Å². The number of benzene rings is 1. The third-order valence-corrected chi connectivity index (χ3v) is 3.00. The number of hydrogen-bond donors (Lipinski definition) is 1. The van der Waals surface area contributed by atoms with Crippen LogP contribution < -0.4 is 0 Å². The molecule has 0 bridgehead atoms. The fourth-order valence-corrected chi connectivity index (χ4v) is 2.23. The summed E-state index contributed by atoms with van der Waals surface area (Å²) in [6.07, 6.45) is 6.06. The van der Waals surface area contributed by atoms with Crippen molar-refractivity contribution in [2.75, 3.05) is 0 Å². The first kappa shape index (κ1) is 7.93. The molecule has 3 heteroatoms. The van der Waals surface area contributed by atoms with Gasteiger partial charge >= 0.3 is 0 Å². The Bertz CT molecular complexity index is 763. The standard InChI is InChI=1S/C13H9N3/c1-2-4-11-9(3-1)10-8-16-6-5-14-13(16)7-12(10)15-11/h1-8,14H. The molecule has 0 unspecified atom stereocenters. The molecule has 0 saturated heterocycles. The van der Waals surface area contributed by atoms with Crippen molar-refractivity contribution >= 4 is 16.6 Å². The number of H-pyrrole nitrogens is 1. The average molecular weight is 207 g/mol. The Labute approximate surface area is 91.7 Å². The maximum Gasteiger partial charge on any atom is 0.116 e. The van der Waals surface area contributed by atoms with E-state index in [1.54, 1.807) is 0 Å². The van der Waals surface area contributed by atoms with Gasteiger partial charge in [-0.1, -0.05) is 18.2 Å². The molecule has 0 spiro atoms. The van der Waals surface area contributed by atoms with E-state index in [1.807, 2.05) is 24.5 Å². The summed E-state index contributed by atoms with van der Waals surface area (Å²) < 4.78 is 2.08. The lowest BCUT2D eigenvalue weighted by atomic mass is 10.1. The van der Waals surface area contributed by atoms with Crippen molar-refractivity contribution in [2.24, 2.45) is 0 Å². The Kier molecular flexibility index (Phi) is 1.31. The number of para-hydroxylation sites is 1. The van der Waals surface area contributed by atoms with Crippen LogP contribution in [0, 0.1) is 0 Å². The molecule has 0 saturated carbocycles. The quantitative estimate of drug-likeness (QED) is 0.472. The molecule has 0 fully saturated rings. The highest BCUT2D eigenvalue weighted by Crippen LogP contribution is 2.31. The highest BCUT2D eigenvalue weighted by Gasteiger charge is 2.12. The van der Waals surface area contributed by atoms with Gasteiger partial charge < -0.3 is 9.38 Å². The molecule has 3 heterocycles. The molecule has 1 aromatic carbocycles. The van der Waals surface area contributed by atoms with Gasteiger partial charge in [0.15, 0.2) is 0 Å². The lowest BCUT2D eigenvalue weighted by Gasteiger charge is -1.99. The highest BCUT2D eigenvalue weighted by molar-refractivity contribution is 5.97. The molecule has 1 aromatic heterocycles. The monoisotopic (exact) mass is 207 g/mol. The summed E-state index contributed by atoms with van der Waals surface area (Å²) in [4.78, 5) is 7.79. The van der Waals surface area contributed by atoms with Gasteiger partial charge in [0.25, 0.3) is 0 Å². The molecule has 4 rings (SSSR count). The summed E-state index contributed by atoms with van der Waals surface area (Å²) in [7, 11) is 0. The van der Waals surface area contributed by atoms with E-state index < -0.39 is 0 Å². The molecule has 2 aliphatic heterocycles. The Balaban J connectivity index is 2.28. The second kappa shape index (κ2) is 2.64. The molecule has 0 radical (unpaired) electrons. The zero-order valence-corrected chi connectivity index (χ0v) is 8.51. The van der Waals surface area contributed by atoms with Gasteiger partial charge in [-0.25, -0.2) is 4.98 Å². The van der Waals surface area contributed by atoms with Crippen molar-refractivity contribution in [3.05, 3.63) is 48.9 Å². The number of aromatic amines is 1. The van der Waals surface area contributed by atoms with Gasteiger partial charge in [-0.05, 0) is 6.07 Å². The van der Waals surface area contributed by atoms with Crippen molar-refractivity contribution in [2.45, 2.75) is 0 Å². The van der Waals surface area contributed by atoms with Crippen LogP contribution >= 0.6 is 0 Å². The van der Waals surface area contributed by atoms with Crippen LogP contribution in [0.3, 0.4) is 0 Å². The first-order valence-corrected chi connectivity index (χ1v) is 5.25. The minimum absolute atomic E-state index is 1.05. The Morgan fingerprint density at radius 1 is 1.19 bits per heavy atom. The highest BCUT2D eigenvalue weighted by atomic mass is 15.0. The van der Waals surface area contributed by atoms with Crippen LogP contribution in [0.15, 0.2) is 48.9 Å². The van der Waals surface area contributed by atoms with Gasteiger partial charge in [-0.3, -0.25) is 0 Å². The number of rotatable bonds is 0. The van der Waals surface area contributed by atoms with Crippen molar-refractivity contribution in [3.8, 4) is 11.3 Å². The van der Waals surface area contributed by atoms with Crippen LogP contribution in [0.2, 0.25) is 0 Å². The third-order valence-electron chi connectivity index (χ3n) is 3.00. The largest absolute Gasteiger partial charge is 0.346 e. The summed E-state index contributed by atoms with van der Waals surface area (Å²) in [5.74, 6) is 0. The van der Waals surface area contributed by atoms with Crippen LogP contribution in [-0.4, -0.2) is 14.4 Å². The zero-order chi connectivity index (χ0) is 10.5. The Morgan fingerprint density at radius 2 is 2.12 bits per heavy atom. The molecular weight excluding hydrogens is 198 g/mol. The Hall–Kier alpha value is -2.29. The summed E-state index contributed by atoms with van der Waals surface area (Å²) in [6, 6.07) is 10.3. The van der Waals surface area contributed by atoms with Crippen molar-refractivity contribution < 1.29 is 0 Å². The molecule has 2 aromatic rings. The minimum atomic E-state index is 1.05. The van der Waals surface area contributed by atoms with E-state index in [2.05, 4.69) is 38.8 Å². The third kappa shape index (κ3) is 0.896. The number of aromatic nitrogens is 3. The fraction of sp³-hybridized carbons (Fsp3) is 0. The van der Waals surface area contributed by atoms with E-state index in [-0.39, 0.29) is 0 Å². The summed E-state index contributed by atoms with van der Waals surface area (Å²) in [5.41, 5.74) is 4.37. The van der Waals surface area contributed by atoms with Crippen LogP contribution in [0.1, 0.15) is 0 Å². The smallest absolute Gasteiger partial charge is 0.116 e. The van der Waals surface area contributed by atoms with Gasteiger partial charge in [-0.2, -0.15) is 0 Å². The topological polar surface area (TPSA) is 33.1 Å². The summed E-state index contributed by atoms with van der Waals surface area (Å²) >= 11 is 0. The normalized spacial score (nSPS) is 11.8. The maximum atomic E-state index is 4.61. The van der Waals surface area contributed by atoms with E-state index in [0.29, 0.717) is 0 Å². The maximum absolute atomic E-state index is 4.61. The van der Waals surface area contributed by atoms with Gasteiger partial charge in [-0.15, -0.1) is 0 Å². The van der Waals surface area contributed by atoms with Gasteiger partial charge in [0, 0.05) is 35.6 Å². The first-order valence-electron chi connectivity index (χ1n) is 5.25. The van der Waals surface area contributed by atoms with Gasteiger partial charge in [0.2, 0.25) is 0 Å². The van der Waals surface area contributed by atoms with Crippen LogP contribution in [0.4, 0.5) is 0 Å². The number of hydrogen-bond acceptors (Lipinski definition) is 1. The van der Waals surface area contributed by atoms with E-state index in [9.17, 15) is 0 Å². The molecule has 1 N–H and O–H groups in total. The minimum Gasteiger partial charge on any atom is -0.346 e. The van der Waals surface area contributed by atoms with Gasteiger partial charge in [0.05, 0.1) is 11.2 Å². The SMILES string of the molecule is c1ccc2c3cn4cc[nH]c4cc-3nc2c1. The number of nitrogens with one attached hydrogen (secondary N) is 1. The number of nitrogens with zero attached hydrogens (tertiary/aromatic N) is 2. The predicted octanol–water partition coefficient (Wildman–Crippen LogP) is 2.92. The summed E-state index contributed by atoms with van der Waals surface area (Å²) in [6.45, 7) is 0. The molecule has 0 amide bonds. The van der Waals surface area contributed by atoms with E-state index in [0.717, 1.165) is 16.9 Å². The molecule has 16 heavy (non-hydrogen) atoms. The van der Waals surface area contributed by atoms with E-state index >= 15 is 0 Å². The second-order valence-corrected chi connectivity index (χ2v) is 3.95. The lowest BCUT2D eigenvalue weighted by Crippen LogP contribution is -1.86. The predicted molar refractivity (Wildman–Crippen MR) is 63.7 cm³/mol. The zero-order valence-electron chi connectivity index (χ0n) is 8.51. The van der Waals surface area contributed by atoms with Gasteiger partial charge in [0.1, 0.15) is 5.65 Å². The van der Waals surface area contributed by atoms with Crippen LogP contribution in [0.25, 0.3) is 27.8 Å². The number of fused-ring (bicyclic) bond motifs is 4. The number of pyridine rings is 1. The molecule has 0 atom stereocenters. The fourth-order valence-electron chi connectivity index (χ4n) is 2.23. The molecule has 76 valence electrons. The number of imidazole rings is 1. The second-order valence-electron chi connectivity index (χ2n) is 3.95. The lowest BCUT2D eigenvalue weighted by molar-refractivity contribution is 1.18. The summed E-state index contributed by atoms with van der Waals surface area (Å²) in [5, 5.41) is 1.22. The molecular formula is C13H9N3. The van der Waals surface area contributed by atoms with Crippen molar-refractivity contribution in [1.82, 2.24) is 14.4 Å². The average Bonchev–Trinajstić information content (AvgIpc) is 2.88. The van der Waals surface area contributed by atoms with Crippen molar-refractivity contribution in [3.63, 3.8) is 0 Å². The molecule has 3 nitrogen and oxygen atoms in total. The van der Waals surface area contributed by atoms with E-state index in [4.69, 9.17) is 0 Å². The van der Waals surface area contributed by atoms with Crippen molar-refractivity contribution in [1.29, 1.82) is 0 Å². The Morgan fingerprint density at radius 3 is 3.12 bits per heavy atom. The van der Waals surface area contributed by atoms with E-state index in [1.165, 1.54) is 10.9 Å². The van der Waals surface area contributed by atoms with Crippen LogP contribution in [0.5, 0.6) is 0 Å². The molecule has 2 aliphatic rings. The first-order chi connectivity index (χ1) is 7.92.